The zero-order valence-corrected chi connectivity index (χ0v) is 13.1. The number of benzene rings is 1. The standard InChI is InChI=1S/C16H18N4O2/c1-10-5-13-14(6-11(10)2)20(9-17-13)8-12-7-15(21)19(4)16(22)18(12)3/h5-7,9H,8H2,1-4H3. The Morgan fingerprint density at radius 2 is 1.68 bits per heavy atom. The van der Waals surface area contributed by atoms with Gasteiger partial charge in [-0.1, -0.05) is 0 Å². The molecule has 0 unspecified atom stereocenters. The van der Waals surface area contributed by atoms with Gasteiger partial charge in [-0.3, -0.25) is 13.9 Å². The van der Waals surface area contributed by atoms with Crippen molar-refractivity contribution < 1.29 is 0 Å². The summed E-state index contributed by atoms with van der Waals surface area (Å²) in [6.07, 6.45) is 1.74. The maximum atomic E-state index is 12.0. The Kier molecular flexibility index (Phi) is 3.24. The van der Waals surface area contributed by atoms with Crippen LogP contribution in [-0.4, -0.2) is 18.7 Å². The fourth-order valence-corrected chi connectivity index (χ4v) is 2.54. The van der Waals surface area contributed by atoms with Gasteiger partial charge in [0.25, 0.3) is 5.56 Å². The monoisotopic (exact) mass is 298 g/mol. The quantitative estimate of drug-likeness (QED) is 0.712. The second kappa shape index (κ2) is 4.98. The highest BCUT2D eigenvalue weighted by molar-refractivity contribution is 5.77. The van der Waals surface area contributed by atoms with Crippen LogP contribution in [0, 0.1) is 13.8 Å². The number of rotatable bonds is 2. The van der Waals surface area contributed by atoms with Gasteiger partial charge >= 0.3 is 5.69 Å². The van der Waals surface area contributed by atoms with E-state index in [2.05, 4.69) is 24.9 Å². The number of hydrogen-bond donors (Lipinski definition) is 0. The minimum Gasteiger partial charge on any atom is -0.325 e. The van der Waals surface area contributed by atoms with Crippen LogP contribution in [0.2, 0.25) is 0 Å². The zero-order chi connectivity index (χ0) is 16.0. The lowest BCUT2D eigenvalue weighted by Gasteiger charge is -2.11. The minimum atomic E-state index is -0.320. The molecule has 6 heteroatoms. The van der Waals surface area contributed by atoms with Crippen molar-refractivity contribution in [3.8, 4) is 0 Å². The van der Waals surface area contributed by atoms with Crippen LogP contribution in [0.15, 0.2) is 34.1 Å². The van der Waals surface area contributed by atoms with Crippen LogP contribution in [0.5, 0.6) is 0 Å². The highest BCUT2D eigenvalue weighted by Gasteiger charge is 2.10. The Morgan fingerprint density at radius 3 is 2.41 bits per heavy atom. The summed E-state index contributed by atoms with van der Waals surface area (Å²) in [5.74, 6) is 0. The molecule has 0 amide bonds. The average Bonchev–Trinajstić information content (AvgIpc) is 2.85. The van der Waals surface area contributed by atoms with E-state index in [0.29, 0.717) is 12.2 Å². The summed E-state index contributed by atoms with van der Waals surface area (Å²) in [6.45, 7) is 4.54. The summed E-state index contributed by atoms with van der Waals surface area (Å²) in [5.41, 5.74) is 4.33. The van der Waals surface area contributed by atoms with Crippen molar-refractivity contribution in [1.82, 2.24) is 18.7 Å². The van der Waals surface area contributed by atoms with Gasteiger partial charge in [-0.2, -0.15) is 0 Å². The molecule has 2 heterocycles. The van der Waals surface area contributed by atoms with Crippen molar-refractivity contribution in [2.24, 2.45) is 14.1 Å². The highest BCUT2D eigenvalue weighted by atomic mass is 16.2. The van der Waals surface area contributed by atoms with E-state index in [1.165, 1.54) is 28.8 Å². The summed E-state index contributed by atoms with van der Waals surface area (Å²) in [5, 5.41) is 0. The highest BCUT2D eigenvalue weighted by Crippen LogP contribution is 2.19. The van der Waals surface area contributed by atoms with Gasteiger partial charge in [0.15, 0.2) is 0 Å². The van der Waals surface area contributed by atoms with E-state index in [4.69, 9.17) is 0 Å². The van der Waals surface area contributed by atoms with E-state index in [9.17, 15) is 9.59 Å². The molecule has 0 bridgehead atoms. The van der Waals surface area contributed by atoms with Crippen LogP contribution in [0.25, 0.3) is 11.0 Å². The van der Waals surface area contributed by atoms with Gasteiger partial charge in [0, 0.05) is 25.9 Å². The minimum absolute atomic E-state index is 0.297. The first-order valence-electron chi connectivity index (χ1n) is 7.06. The second-order valence-electron chi connectivity index (χ2n) is 5.67. The fraction of sp³-hybridized carbons (Fsp3) is 0.312. The molecular formula is C16H18N4O2. The van der Waals surface area contributed by atoms with Crippen molar-refractivity contribution >= 4 is 11.0 Å². The number of fused-ring (bicyclic) bond motifs is 1. The molecule has 114 valence electrons. The van der Waals surface area contributed by atoms with Crippen molar-refractivity contribution in [2.75, 3.05) is 0 Å². The van der Waals surface area contributed by atoms with Gasteiger partial charge in [-0.05, 0) is 37.1 Å². The number of hydrogen-bond acceptors (Lipinski definition) is 3. The van der Waals surface area contributed by atoms with E-state index in [-0.39, 0.29) is 11.2 Å². The lowest BCUT2D eigenvalue weighted by atomic mass is 10.1. The van der Waals surface area contributed by atoms with E-state index in [0.717, 1.165) is 15.6 Å². The first-order chi connectivity index (χ1) is 10.4. The van der Waals surface area contributed by atoms with Gasteiger partial charge in [-0.15, -0.1) is 0 Å². The second-order valence-corrected chi connectivity index (χ2v) is 5.67. The molecule has 22 heavy (non-hydrogen) atoms. The molecule has 0 aliphatic carbocycles. The van der Waals surface area contributed by atoms with Crippen molar-refractivity contribution in [3.63, 3.8) is 0 Å². The first-order valence-corrected chi connectivity index (χ1v) is 7.06. The molecule has 1 aromatic carbocycles. The molecule has 3 aromatic rings. The zero-order valence-electron chi connectivity index (χ0n) is 13.1. The molecule has 6 nitrogen and oxygen atoms in total. The maximum Gasteiger partial charge on any atom is 0.330 e. The van der Waals surface area contributed by atoms with Crippen molar-refractivity contribution in [1.29, 1.82) is 0 Å². The number of nitrogens with zero attached hydrogens (tertiary/aromatic N) is 4. The summed E-state index contributed by atoms with van der Waals surface area (Å²) in [4.78, 5) is 28.2. The lowest BCUT2D eigenvalue weighted by molar-refractivity contribution is 0.629. The third kappa shape index (κ3) is 2.16. The van der Waals surface area contributed by atoms with Gasteiger partial charge in [-0.25, -0.2) is 9.78 Å². The van der Waals surface area contributed by atoms with Crippen LogP contribution in [-0.2, 0) is 20.6 Å². The van der Waals surface area contributed by atoms with E-state index in [1.807, 2.05) is 10.6 Å². The lowest BCUT2D eigenvalue weighted by Crippen LogP contribution is -2.38. The fourth-order valence-electron chi connectivity index (χ4n) is 2.54. The Labute approximate surface area is 127 Å². The Hall–Kier alpha value is -2.63. The molecule has 0 atom stereocenters. The largest absolute Gasteiger partial charge is 0.330 e. The number of imidazole rings is 1. The van der Waals surface area contributed by atoms with Crippen LogP contribution < -0.4 is 11.2 Å². The third-order valence-corrected chi connectivity index (χ3v) is 4.19. The average molecular weight is 298 g/mol. The molecule has 3 rings (SSSR count). The molecule has 0 saturated heterocycles. The normalized spacial score (nSPS) is 11.3. The SMILES string of the molecule is Cc1cc2ncn(Cc3cc(=O)n(C)c(=O)n3C)c2cc1C. The number of aryl methyl sites for hydroxylation is 2. The Balaban J connectivity index is 2.14. The molecule has 0 saturated carbocycles. The van der Waals surface area contributed by atoms with Gasteiger partial charge in [0.05, 0.1) is 23.9 Å². The predicted octanol–water partition coefficient (Wildman–Crippen LogP) is 1.10. The smallest absolute Gasteiger partial charge is 0.325 e. The Bertz CT molecular complexity index is 992. The van der Waals surface area contributed by atoms with E-state index in [1.54, 1.807) is 13.4 Å². The summed E-state index contributed by atoms with van der Waals surface area (Å²) in [6, 6.07) is 5.62. The molecule has 0 spiro atoms. The molecule has 0 N–H and O–H groups in total. The third-order valence-electron chi connectivity index (χ3n) is 4.19. The van der Waals surface area contributed by atoms with Crippen LogP contribution in [0.4, 0.5) is 0 Å². The maximum absolute atomic E-state index is 12.0. The molecule has 0 aliphatic heterocycles. The molecule has 0 fully saturated rings. The predicted molar refractivity (Wildman–Crippen MR) is 85.2 cm³/mol. The van der Waals surface area contributed by atoms with Crippen molar-refractivity contribution in [2.45, 2.75) is 20.4 Å². The van der Waals surface area contributed by atoms with Crippen LogP contribution in [0.3, 0.4) is 0 Å². The van der Waals surface area contributed by atoms with E-state index >= 15 is 0 Å². The molecule has 0 radical (unpaired) electrons. The van der Waals surface area contributed by atoms with Gasteiger partial charge < -0.3 is 4.57 Å². The van der Waals surface area contributed by atoms with Gasteiger partial charge in [0.1, 0.15) is 0 Å². The van der Waals surface area contributed by atoms with Gasteiger partial charge in [0.2, 0.25) is 0 Å². The summed E-state index contributed by atoms with van der Waals surface area (Å²) < 4.78 is 4.55. The molecular weight excluding hydrogens is 280 g/mol. The topological polar surface area (TPSA) is 61.8 Å². The van der Waals surface area contributed by atoms with Crippen LogP contribution in [0.1, 0.15) is 16.8 Å². The summed E-state index contributed by atoms with van der Waals surface area (Å²) >= 11 is 0. The summed E-state index contributed by atoms with van der Waals surface area (Å²) in [7, 11) is 3.15. The molecule has 2 aromatic heterocycles. The van der Waals surface area contributed by atoms with Crippen LogP contribution >= 0.6 is 0 Å². The Morgan fingerprint density at radius 1 is 1.00 bits per heavy atom. The first kappa shape index (κ1) is 14.3. The van der Waals surface area contributed by atoms with Crippen molar-refractivity contribution in [3.05, 3.63) is 62.2 Å². The number of aromatic nitrogens is 4. The van der Waals surface area contributed by atoms with E-state index < -0.39 is 0 Å². The molecule has 0 aliphatic rings.